The molecule has 1 aromatic rings. The number of nitrogens with one attached hydrogen (secondary N) is 1. The predicted molar refractivity (Wildman–Crippen MR) is 63.9 cm³/mol. The SMILES string of the molecule is CC(C)NC(=O)c1ccnn1C1CCOCC1. The van der Waals surface area contributed by atoms with Gasteiger partial charge in [-0.2, -0.15) is 5.10 Å². The molecule has 1 aliphatic rings. The minimum Gasteiger partial charge on any atom is -0.381 e. The average Bonchev–Trinajstić information content (AvgIpc) is 2.78. The molecule has 0 aliphatic carbocycles. The van der Waals surface area contributed by atoms with Crippen molar-refractivity contribution in [3.05, 3.63) is 18.0 Å². The average molecular weight is 237 g/mol. The molecule has 94 valence electrons. The summed E-state index contributed by atoms with van der Waals surface area (Å²) in [7, 11) is 0. The van der Waals surface area contributed by atoms with Gasteiger partial charge in [0.1, 0.15) is 5.69 Å². The minimum absolute atomic E-state index is 0.0519. The summed E-state index contributed by atoms with van der Waals surface area (Å²) < 4.78 is 7.15. The number of hydrogen-bond acceptors (Lipinski definition) is 3. The maximum absolute atomic E-state index is 12.0. The first-order valence-electron chi connectivity index (χ1n) is 6.10. The molecule has 2 heterocycles. The highest BCUT2D eigenvalue weighted by Gasteiger charge is 2.21. The smallest absolute Gasteiger partial charge is 0.269 e. The molecule has 0 radical (unpaired) electrons. The summed E-state index contributed by atoms with van der Waals surface area (Å²) in [5.41, 5.74) is 0.644. The van der Waals surface area contributed by atoms with E-state index in [0.29, 0.717) is 5.69 Å². The van der Waals surface area contributed by atoms with Crippen LogP contribution in [0.1, 0.15) is 43.2 Å². The Kier molecular flexibility index (Phi) is 3.78. The summed E-state index contributed by atoms with van der Waals surface area (Å²) in [5, 5.41) is 7.16. The van der Waals surface area contributed by atoms with E-state index in [4.69, 9.17) is 4.74 Å². The Morgan fingerprint density at radius 1 is 1.53 bits per heavy atom. The molecular formula is C12H19N3O2. The summed E-state index contributed by atoms with van der Waals surface area (Å²) >= 11 is 0. The molecule has 0 aromatic carbocycles. The third-order valence-corrected chi connectivity index (χ3v) is 2.86. The molecule has 1 N–H and O–H groups in total. The van der Waals surface area contributed by atoms with Crippen molar-refractivity contribution in [2.45, 2.75) is 38.8 Å². The van der Waals surface area contributed by atoms with E-state index in [1.807, 2.05) is 18.5 Å². The largest absolute Gasteiger partial charge is 0.381 e. The van der Waals surface area contributed by atoms with Crippen molar-refractivity contribution in [3.63, 3.8) is 0 Å². The normalized spacial score (nSPS) is 17.4. The van der Waals surface area contributed by atoms with Crippen LogP contribution in [0.4, 0.5) is 0 Å². The second-order valence-electron chi connectivity index (χ2n) is 4.63. The van der Waals surface area contributed by atoms with Gasteiger partial charge in [-0.05, 0) is 32.8 Å². The Balaban J connectivity index is 2.12. The zero-order valence-corrected chi connectivity index (χ0v) is 10.3. The maximum atomic E-state index is 12.0. The van der Waals surface area contributed by atoms with Crippen LogP contribution in [0.5, 0.6) is 0 Å². The Morgan fingerprint density at radius 2 is 2.24 bits per heavy atom. The fourth-order valence-corrected chi connectivity index (χ4v) is 2.05. The molecule has 5 heteroatoms. The van der Waals surface area contributed by atoms with Crippen LogP contribution in [0.3, 0.4) is 0 Å². The van der Waals surface area contributed by atoms with Crippen molar-refractivity contribution in [1.29, 1.82) is 0 Å². The molecule has 17 heavy (non-hydrogen) atoms. The van der Waals surface area contributed by atoms with Gasteiger partial charge in [-0.25, -0.2) is 0 Å². The van der Waals surface area contributed by atoms with Gasteiger partial charge in [0.05, 0.1) is 6.04 Å². The molecule has 1 amide bonds. The number of hydrogen-bond donors (Lipinski definition) is 1. The number of nitrogens with zero attached hydrogens (tertiary/aromatic N) is 2. The van der Waals surface area contributed by atoms with Gasteiger partial charge < -0.3 is 10.1 Å². The topological polar surface area (TPSA) is 56.2 Å². The van der Waals surface area contributed by atoms with Crippen molar-refractivity contribution >= 4 is 5.91 Å². The maximum Gasteiger partial charge on any atom is 0.269 e. The van der Waals surface area contributed by atoms with Crippen molar-refractivity contribution < 1.29 is 9.53 Å². The fraction of sp³-hybridized carbons (Fsp3) is 0.667. The highest BCUT2D eigenvalue weighted by molar-refractivity contribution is 5.92. The monoisotopic (exact) mass is 237 g/mol. The van der Waals surface area contributed by atoms with Gasteiger partial charge in [-0.1, -0.05) is 0 Å². The molecule has 0 atom stereocenters. The van der Waals surface area contributed by atoms with Gasteiger partial charge in [0.15, 0.2) is 0 Å². The molecule has 1 saturated heterocycles. The molecule has 1 aromatic heterocycles. The second-order valence-corrected chi connectivity index (χ2v) is 4.63. The van der Waals surface area contributed by atoms with E-state index in [1.54, 1.807) is 12.3 Å². The van der Waals surface area contributed by atoms with E-state index in [1.165, 1.54) is 0 Å². The zero-order chi connectivity index (χ0) is 12.3. The highest BCUT2D eigenvalue weighted by atomic mass is 16.5. The molecule has 5 nitrogen and oxygen atoms in total. The summed E-state index contributed by atoms with van der Waals surface area (Å²) in [6.07, 6.45) is 3.53. The molecular weight excluding hydrogens is 218 g/mol. The van der Waals surface area contributed by atoms with Crippen LogP contribution < -0.4 is 5.32 Å². The number of carbonyl (C=O) groups excluding carboxylic acids is 1. The fourth-order valence-electron chi connectivity index (χ4n) is 2.05. The van der Waals surface area contributed by atoms with Crippen LogP contribution in [0.2, 0.25) is 0 Å². The van der Waals surface area contributed by atoms with Crippen LogP contribution in [0.15, 0.2) is 12.3 Å². The third kappa shape index (κ3) is 2.85. The standard InChI is InChI=1S/C12H19N3O2/c1-9(2)14-12(16)11-3-6-13-15(11)10-4-7-17-8-5-10/h3,6,9-10H,4-5,7-8H2,1-2H3,(H,14,16). The zero-order valence-electron chi connectivity index (χ0n) is 10.3. The van der Waals surface area contributed by atoms with Crippen molar-refractivity contribution in [3.8, 4) is 0 Å². The van der Waals surface area contributed by atoms with Gasteiger partial charge in [0.2, 0.25) is 0 Å². The lowest BCUT2D eigenvalue weighted by atomic mass is 10.1. The summed E-state index contributed by atoms with van der Waals surface area (Å²) in [6, 6.07) is 2.19. The number of aromatic nitrogens is 2. The van der Waals surface area contributed by atoms with Crippen LogP contribution in [0.25, 0.3) is 0 Å². The van der Waals surface area contributed by atoms with E-state index in [2.05, 4.69) is 10.4 Å². The molecule has 0 bridgehead atoms. The van der Waals surface area contributed by atoms with Gasteiger partial charge in [0, 0.05) is 25.5 Å². The van der Waals surface area contributed by atoms with Crippen LogP contribution in [-0.2, 0) is 4.74 Å². The minimum atomic E-state index is -0.0519. The Morgan fingerprint density at radius 3 is 2.88 bits per heavy atom. The quantitative estimate of drug-likeness (QED) is 0.864. The second kappa shape index (κ2) is 5.31. The molecule has 2 rings (SSSR count). The lowest BCUT2D eigenvalue weighted by Gasteiger charge is -2.24. The van der Waals surface area contributed by atoms with Gasteiger partial charge in [-0.3, -0.25) is 9.48 Å². The molecule has 0 unspecified atom stereocenters. The van der Waals surface area contributed by atoms with Crippen LogP contribution in [0, 0.1) is 0 Å². The summed E-state index contributed by atoms with van der Waals surface area (Å²) in [5.74, 6) is -0.0519. The number of carbonyl (C=O) groups is 1. The Hall–Kier alpha value is -1.36. The lowest BCUT2D eigenvalue weighted by Crippen LogP contribution is -2.33. The molecule has 1 aliphatic heterocycles. The van der Waals surface area contributed by atoms with Gasteiger partial charge in [-0.15, -0.1) is 0 Å². The number of rotatable bonds is 3. The van der Waals surface area contributed by atoms with Crippen molar-refractivity contribution in [1.82, 2.24) is 15.1 Å². The van der Waals surface area contributed by atoms with E-state index >= 15 is 0 Å². The first-order valence-corrected chi connectivity index (χ1v) is 6.10. The summed E-state index contributed by atoms with van der Waals surface area (Å²) in [6.45, 7) is 5.39. The van der Waals surface area contributed by atoms with E-state index in [0.717, 1.165) is 26.1 Å². The van der Waals surface area contributed by atoms with Crippen molar-refractivity contribution in [2.75, 3.05) is 13.2 Å². The number of amides is 1. The lowest BCUT2D eigenvalue weighted by molar-refractivity contribution is 0.0641. The van der Waals surface area contributed by atoms with Crippen LogP contribution in [-0.4, -0.2) is 34.9 Å². The third-order valence-electron chi connectivity index (χ3n) is 2.86. The summed E-state index contributed by atoms with van der Waals surface area (Å²) in [4.78, 5) is 12.0. The first kappa shape index (κ1) is 12.1. The van der Waals surface area contributed by atoms with Gasteiger partial charge >= 0.3 is 0 Å². The van der Waals surface area contributed by atoms with Crippen molar-refractivity contribution in [2.24, 2.45) is 0 Å². The predicted octanol–water partition coefficient (Wildman–Crippen LogP) is 1.37. The Labute approximate surface area is 101 Å². The number of ether oxygens (including phenoxy) is 1. The van der Waals surface area contributed by atoms with Gasteiger partial charge in [0.25, 0.3) is 5.91 Å². The molecule has 0 saturated carbocycles. The highest BCUT2D eigenvalue weighted by Crippen LogP contribution is 2.21. The molecule has 1 fully saturated rings. The van der Waals surface area contributed by atoms with E-state index < -0.39 is 0 Å². The van der Waals surface area contributed by atoms with Crippen LogP contribution >= 0.6 is 0 Å². The Bertz CT molecular complexity index is 381. The van der Waals surface area contributed by atoms with E-state index in [9.17, 15) is 4.79 Å². The first-order chi connectivity index (χ1) is 8.18. The van der Waals surface area contributed by atoms with E-state index in [-0.39, 0.29) is 18.0 Å². The molecule has 0 spiro atoms.